The second-order valence-electron chi connectivity index (χ2n) is 5.05. The molecule has 0 bridgehead atoms. The SMILES string of the molecule is COc1ccccc1NC(=S)N/N=C\c1cc(Cl)c2c(c1)OCCO2. The molecule has 6 nitrogen and oxygen atoms in total. The second-order valence-corrected chi connectivity index (χ2v) is 5.87. The van der Waals surface area contributed by atoms with Gasteiger partial charge >= 0.3 is 0 Å². The third-order valence-electron chi connectivity index (χ3n) is 3.35. The minimum absolute atomic E-state index is 0.337. The number of thiocarbonyl (C=S) groups is 1. The van der Waals surface area contributed by atoms with E-state index in [2.05, 4.69) is 15.8 Å². The quantitative estimate of drug-likeness (QED) is 0.483. The molecule has 3 rings (SSSR count). The van der Waals surface area contributed by atoms with Gasteiger partial charge in [-0.3, -0.25) is 5.43 Å². The zero-order valence-corrected chi connectivity index (χ0v) is 15.0. The first-order chi connectivity index (χ1) is 12.2. The highest BCUT2D eigenvalue weighted by Gasteiger charge is 2.16. The highest BCUT2D eigenvalue weighted by Crippen LogP contribution is 2.37. The number of methoxy groups -OCH3 is 1. The molecule has 8 heteroatoms. The monoisotopic (exact) mass is 377 g/mol. The fourth-order valence-electron chi connectivity index (χ4n) is 2.27. The van der Waals surface area contributed by atoms with Crippen LogP contribution in [0.3, 0.4) is 0 Å². The molecule has 25 heavy (non-hydrogen) atoms. The average molecular weight is 378 g/mol. The van der Waals surface area contributed by atoms with Gasteiger partial charge in [0.1, 0.15) is 19.0 Å². The number of ether oxygens (including phenoxy) is 3. The number of hydrazone groups is 1. The Morgan fingerprint density at radius 3 is 2.92 bits per heavy atom. The Morgan fingerprint density at radius 2 is 2.08 bits per heavy atom. The van der Waals surface area contributed by atoms with Gasteiger partial charge in [-0.2, -0.15) is 5.10 Å². The number of hydrogen-bond acceptors (Lipinski definition) is 5. The molecule has 0 atom stereocenters. The number of rotatable bonds is 4. The van der Waals surface area contributed by atoms with Gasteiger partial charge in [-0.25, -0.2) is 0 Å². The Hall–Kier alpha value is -2.51. The van der Waals surface area contributed by atoms with Crippen LogP contribution in [0.4, 0.5) is 5.69 Å². The summed E-state index contributed by atoms with van der Waals surface area (Å²) in [4.78, 5) is 0. The van der Waals surface area contributed by atoms with E-state index in [4.69, 9.17) is 38.0 Å². The van der Waals surface area contributed by atoms with E-state index in [1.807, 2.05) is 30.3 Å². The number of benzene rings is 2. The predicted octanol–water partition coefficient (Wildman–Crippen LogP) is 3.44. The topological polar surface area (TPSA) is 64.1 Å². The van der Waals surface area contributed by atoms with E-state index in [1.54, 1.807) is 19.4 Å². The van der Waals surface area contributed by atoms with Crippen molar-refractivity contribution in [2.45, 2.75) is 0 Å². The zero-order valence-electron chi connectivity index (χ0n) is 13.4. The zero-order chi connectivity index (χ0) is 17.6. The maximum atomic E-state index is 6.19. The lowest BCUT2D eigenvalue weighted by molar-refractivity contribution is 0.171. The number of fused-ring (bicyclic) bond motifs is 1. The fraction of sp³-hybridized carbons (Fsp3) is 0.176. The van der Waals surface area contributed by atoms with Crippen LogP contribution in [0.1, 0.15) is 5.56 Å². The van der Waals surface area contributed by atoms with E-state index in [0.29, 0.717) is 40.6 Å². The van der Waals surface area contributed by atoms with Crippen LogP contribution < -0.4 is 25.0 Å². The molecule has 0 radical (unpaired) electrons. The van der Waals surface area contributed by atoms with Gasteiger partial charge in [0, 0.05) is 0 Å². The molecule has 0 aliphatic carbocycles. The molecular formula is C17H16ClN3O3S. The van der Waals surface area contributed by atoms with Crippen LogP contribution >= 0.6 is 23.8 Å². The summed E-state index contributed by atoms with van der Waals surface area (Å²) in [5, 5.41) is 7.95. The lowest BCUT2D eigenvalue weighted by Gasteiger charge is -2.19. The van der Waals surface area contributed by atoms with Crippen molar-refractivity contribution in [2.24, 2.45) is 5.10 Å². The molecule has 0 fully saturated rings. The smallest absolute Gasteiger partial charge is 0.191 e. The van der Waals surface area contributed by atoms with Crippen molar-refractivity contribution in [3.63, 3.8) is 0 Å². The van der Waals surface area contributed by atoms with Crippen molar-refractivity contribution in [1.82, 2.24) is 5.43 Å². The van der Waals surface area contributed by atoms with Crippen LogP contribution in [-0.4, -0.2) is 31.7 Å². The van der Waals surface area contributed by atoms with E-state index in [0.717, 1.165) is 11.3 Å². The molecule has 2 N–H and O–H groups in total. The number of nitrogens with zero attached hydrogens (tertiary/aromatic N) is 1. The van der Waals surface area contributed by atoms with Crippen LogP contribution in [0.25, 0.3) is 0 Å². The van der Waals surface area contributed by atoms with Crippen molar-refractivity contribution in [2.75, 3.05) is 25.6 Å². The minimum Gasteiger partial charge on any atom is -0.495 e. The molecule has 1 aliphatic heterocycles. The van der Waals surface area contributed by atoms with Gasteiger partial charge in [0.25, 0.3) is 0 Å². The molecular weight excluding hydrogens is 362 g/mol. The predicted molar refractivity (Wildman–Crippen MR) is 102 cm³/mol. The van der Waals surface area contributed by atoms with E-state index < -0.39 is 0 Å². The molecule has 0 saturated heterocycles. The molecule has 1 heterocycles. The number of nitrogens with one attached hydrogen (secondary N) is 2. The van der Waals surface area contributed by atoms with Gasteiger partial charge in [-0.1, -0.05) is 23.7 Å². The lowest BCUT2D eigenvalue weighted by Crippen LogP contribution is -2.24. The van der Waals surface area contributed by atoms with Crippen LogP contribution in [0.2, 0.25) is 5.02 Å². The molecule has 0 unspecified atom stereocenters. The summed E-state index contributed by atoms with van der Waals surface area (Å²) in [6, 6.07) is 11.0. The summed E-state index contributed by atoms with van der Waals surface area (Å²) in [6.07, 6.45) is 1.60. The van der Waals surface area contributed by atoms with Crippen LogP contribution in [0.5, 0.6) is 17.2 Å². The van der Waals surface area contributed by atoms with E-state index in [9.17, 15) is 0 Å². The summed E-state index contributed by atoms with van der Waals surface area (Å²) < 4.78 is 16.3. The third-order valence-corrected chi connectivity index (χ3v) is 3.83. The standard InChI is InChI=1S/C17H16ClN3O3S/c1-22-14-5-3-2-4-13(14)20-17(25)21-19-10-11-8-12(18)16-15(9-11)23-6-7-24-16/h2-5,8-10H,6-7H2,1H3,(H2,20,21,25)/b19-10-. The van der Waals surface area contributed by atoms with Gasteiger partial charge in [-0.05, 0) is 42.0 Å². The molecule has 130 valence electrons. The highest BCUT2D eigenvalue weighted by molar-refractivity contribution is 7.80. The maximum Gasteiger partial charge on any atom is 0.191 e. The van der Waals surface area contributed by atoms with E-state index in [-0.39, 0.29) is 0 Å². The summed E-state index contributed by atoms with van der Waals surface area (Å²) in [7, 11) is 1.60. The number of hydrogen-bond donors (Lipinski definition) is 2. The molecule has 0 spiro atoms. The summed E-state index contributed by atoms with van der Waals surface area (Å²) in [5.41, 5.74) is 4.27. The average Bonchev–Trinajstić information content (AvgIpc) is 2.62. The normalized spacial score (nSPS) is 12.7. The minimum atomic E-state index is 0.337. The van der Waals surface area contributed by atoms with Gasteiger partial charge in [0.15, 0.2) is 16.6 Å². The summed E-state index contributed by atoms with van der Waals surface area (Å²) in [5.74, 6) is 1.86. The van der Waals surface area contributed by atoms with E-state index >= 15 is 0 Å². The first-order valence-electron chi connectivity index (χ1n) is 7.49. The summed E-state index contributed by atoms with van der Waals surface area (Å²) in [6.45, 7) is 0.986. The van der Waals surface area contributed by atoms with Gasteiger partial charge in [-0.15, -0.1) is 0 Å². The molecule has 2 aromatic carbocycles. The van der Waals surface area contributed by atoms with Gasteiger partial charge in [0.05, 0.1) is 24.0 Å². The van der Waals surface area contributed by atoms with Crippen molar-refractivity contribution >= 4 is 40.8 Å². The van der Waals surface area contributed by atoms with Crippen molar-refractivity contribution in [1.29, 1.82) is 0 Å². The third kappa shape index (κ3) is 4.32. The molecule has 0 saturated carbocycles. The Balaban J connectivity index is 1.63. The molecule has 0 aromatic heterocycles. The number of para-hydroxylation sites is 2. The van der Waals surface area contributed by atoms with Crippen molar-refractivity contribution in [3.05, 3.63) is 47.0 Å². The van der Waals surface area contributed by atoms with Crippen LogP contribution in [-0.2, 0) is 0 Å². The highest BCUT2D eigenvalue weighted by atomic mass is 35.5. The van der Waals surface area contributed by atoms with Crippen LogP contribution in [0.15, 0.2) is 41.5 Å². The largest absolute Gasteiger partial charge is 0.495 e. The Kier molecular flexibility index (Phi) is 5.57. The first-order valence-corrected chi connectivity index (χ1v) is 8.28. The summed E-state index contributed by atoms with van der Waals surface area (Å²) >= 11 is 11.4. The van der Waals surface area contributed by atoms with E-state index in [1.165, 1.54) is 0 Å². The Bertz CT molecular complexity index is 814. The van der Waals surface area contributed by atoms with Gasteiger partial charge in [0.2, 0.25) is 0 Å². The van der Waals surface area contributed by atoms with Gasteiger partial charge < -0.3 is 19.5 Å². The maximum absolute atomic E-state index is 6.19. The molecule has 2 aromatic rings. The molecule has 1 aliphatic rings. The Morgan fingerprint density at radius 1 is 1.28 bits per heavy atom. The van der Waals surface area contributed by atoms with Crippen molar-refractivity contribution < 1.29 is 14.2 Å². The van der Waals surface area contributed by atoms with Crippen molar-refractivity contribution in [3.8, 4) is 17.2 Å². The number of halogens is 1. The number of anilines is 1. The second kappa shape index (κ2) is 8.04. The first kappa shape index (κ1) is 17.3. The Labute approximate surface area is 155 Å². The molecule has 0 amide bonds. The fourth-order valence-corrected chi connectivity index (χ4v) is 2.71. The lowest BCUT2D eigenvalue weighted by atomic mass is 10.2. The van der Waals surface area contributed by atoms with Crippen LogP contribution in [0, 0.1) is 0 Å².